The van der Waals surface area contributed by atoms with E-state index in [0.29, 0.717) is 5.82 Å². The molecule has 7 aromatic rings. The van der Waals surface area contributed by atoms with Gasteiger partial charge in [-0.2, -0.15) is 0 Å². The summed E-state index contributed by atoms with van der Waals surface area (Å²) in [4.78, 5) is 10.3. The molecule has 0 amide bonds. The molecule has 0 spiro atoms. The lowest BCUT2D eigenvalue weighted by molar-refractivity contribution is 0.224. The van der Waals surface area contributed by atoms with Crippen LogP contribution in [-0.4, -0.2) is 14.5 Å². The number of ether oxygens (including phenoxy) is 1. The molecule has 198 valence electrons. The lowest BCUT2D eigenvalue weighted by Gasteiger charge is -2.22. The zero-order valence-electron chi connectivity index (χ0n) is 22.7. The second-order valence-electron chi connectivity index (χ2n) is 10.9. The van der Waals surface area contributed by atoms with Gasteiger partial charge in [0.2, 0.25) is 0 Å². The molecule has 0 bridgehead atoms. The van der Waals surface area contributed by atoms with Crippen molar-refractivity contribution in [2.24, 2.45) is 0 Å². The van der Waals surface area contributed by atoms with E-state index < -0.39 is 0 Å². The van der Waals surface area contributed by atoms with Crippen molar-refractivity contribution >= 4 is 27.9 Å². The van der Waals surface area contributed by atoms with Gasteiger partial charge >= 0.3 is 0 Å². The molecule has 0 saturated carbocycles. The molecule has 4 heteroatoms. The number of hydrogen-bond acceptors (Lipinski definition) is 3. The first-order valence-electron chi connectivity index (χ1n) is 14.3. The lowest BCUT2D eigenvalue weighted by atomic mass is 9.86. The summed E-state index contributed by atoms with van der Waals surface area (Å²) in [5.41, 5.74) is 8.94. The Bertz CT molecular complexity index is 2180. The highest BCUT2D eigenvalue weighted by Gasteiger charge is 2.40. The van der Waals surface area contributed by atoms with Crippen LogP contribution in [-0.2, 0) is 0 Å². The molecule has 2 unspecified atom stereocenters. The summed E-state index contributed by atoms with van der Waals surface area (Å²) >= 11 is 0. The third kappa shape index (κ3) is 3.42. The quantitative estimate of drug-likeness (QED) is 0.225. The minimum Gasteiger partial charge on any atom is -0.484 e. The topological polar surface area (TPSA) is 39.9 Å². The van der Waals surface area contributed by atoms with Crippen molar-refractivity contribution in [2.75, 3.05) is 0 Å². The monoisotopic (exact) mass is 539 g/mol. The Balaban J connectivity index is 1.25. The van der Waals surface area contributed by atoms with Crippen molar-refractivity contribution in [3.05, 3.63) is 150 Å². The van der Waals surface area contributed by atoms with Gasteiger partial charge in [0.1, 0.15) is 17.7 Å². The van der Waals surface area contributed by atoms with Crippen molar-refractivity contribution in [3.8, 4) is 34.1 Å². The van der Waals surface area contributed by atoms with Crippen molar-refractivity contribution in [3.63, 3.8) is 0 Å². The smallest absolute Gasteiger partial charge is 0.162 e. The van der Waals surface area contributed by atoms with E-state index >= 15 is 0 Å². The summed E-state index contributed by atoms with van der Waals surface area (Å²) < 4.78 is 8.93. The van der Waals surface area contributed by atoms with Crippen molar-refractivity contribution < 1.29 is 4.74 Å². The van der Waals surface area contributed by atoms with Crippen LogP contribution in [0, 0.1) is 0 Å². The molecule has 2 atom stereocenters. The SMILES string of the molecule is C1=CC2c3ccccc3OC2c2c1n(-c1nc(-c3ccc(-c4ccccc4)cc3)nc3ccccc13)c1ccccc21. The van der Waals surface area contributed by atoms with E-state index in [1.54, 1.807) is 0 Å². The van der Waals surface area contributed by atoms with Crippen molar-refractivity contribution in [1.82, 2.24) is 14.5 Å². The fourth-order valence-corrected chi connectivity index (χ4v) is 6.65. The fourth-order valence-electron chi connectivity index (χ4n) is 6.65. The number of hydrogen-bond donors (Lipinski definition) is 0. The summed E-state index contributed by atoms with van der Waals surface area (Å²) in [6.45, 7) is 0. The highest BCUT2D eigenvalue weighted by atomic mass is 16.5. The molecule has 1 aliphatic carbocycles. The average molecular weight is 540 g/mol. The second-order valence-corrected chi connectivity index (χ2v) is 10.9. The first-order valence-corrected chi connectivity index (χ1v) is 14.3. The molecule has 0 saturated heterocycles. The third-order valence-corrected chi connectivity index (χ3v) is 8.60. The molecule has 3 heterocycles. The summed E-state index contributed by atoms with van der Waals surface area (Å²) in [5.74, 6) is 2.74. The van der Waals surface area contributed by atoms with Gasteiger partial charge in [-0.3, -0.25) is 4.57 Å². The van der Waals surface area contributed by atoms with Gasteiger partial charge in [-0.1, -0.05) is 109 Å². The number of nitrogens with zero attached hydrogens (tertiary/aromatic N) is 3. The summed E-state index contributed by atoms with van der Waals surface area (Å²) in [5, 5.41) is 2.20. The zero-order chi connectivity index (χ0) is 27.6. The second kappa shape index (κ2) is 9.02. The predicted octanol–water partition coefficient (Wildman–Crippen LogP) is 9.15. The van der Waals surface area contributed by atoms with Crippen LogP contribution in [0.25, 0.3) is 56.2 Å². The van der Waals surface area contributed by atoms with E-state index in [1.807, 2.05) is 18.2 Å². The maximum absolute atomic E-state index is 6.63. The van der Waals surface area contributed by atoms with Crippen LogP contribution in [0.1, 0.15) is 28.8 Å². The van der Waals surface area contributed by atoms with Crippen LogP contribution in [0.5, 0.6) is 5.75 Å². The Hall–Kier alpha value is -5.48. The lowest BCUT2D eigenvalue weighted by Crippen LogP contribution is -2.14. The van der Waals surface area contributed by atoms with Crippen LogP contribution in [0.4, 0.5) is 0 Å². The number of benzene rings is 5. The molecule has 1 aliphatic heterocycles. The molecule has 2 aromatic heterocycles. The predicted molar refractivity (Wildman–Crippen MR) is 169 cm³/mol. The minimum absolute atomic E-state index is 0.0772. The number of aromatic nitrogens is 3. The number of fused-ring (bicyclic) bond motifs is 8. The fraction of sp³-hybridized carbons (Fsp3) is 0.0526. The van der Waals surface area contributed by atoms with Gasteiger partial charge in [0.05, 0.1) is 16.7 Å². The molecular formula is C38H25N3O. The Morgan fingerprint density at radius 2 is 1.29 bits per heavy atom. The molecule has 5 aromatic carbocycles. The van der Waals surface area contributed by atoms with Gasteiger partial charge in [0.25, 0.3) is 0 Å². The minimum atomic E-state index is -0.0772. The molecular weight excluding hydrogens is 514 g/mol. The van der Waals surface area contributed by atoms with Gasteiger partial charge in [-0.25, -0.2) is 9.97 Å². The van der Waals surface area contributed by atoms with Gasteiger partial charge in [0.15, 0.2) is 5.82 Å². The van der Waals surface area contributed by atoms with E-state index in [1.165, 1.54) is 27.6 Å². The van der Waals surface area contributed by atoms with E-state index in [9.17, 15) is 0 Å². The largest absolute Gasteiger partial charge is 0.484 e. The van der Waals surface area contributed by atoms with Crippen LogP contribution in [0.3, 0.4) is 0 Å². The van der Waals surface area contributed by atoms with Gasteiger partial charge in [-0.05, 0) is 41.5 Å². The Morgan fingerprint density at radius 1 is 0.595 bits per heavy atom. The van der Waals surface area contributed by atoms with Crippen molar-refractivity contribution in [2.45, 2.75) is 12.0 Å². The molecule has 0 fully saturated rings. The first-order chi connectivity index (χ1) is 20.8. The highest BCUT2D eigenvalue weighted by Crippen LogP contribution is 2.52. The Morgan fingerprint density at radius 3 is 2.17 bits per heavy atom. The molecule has 42 heavy (non-hydrogen) atoms. The van der Waals surface area contributed by atoms with E-state index in [2.05, 4.69) is 126 Å². The van der Waals surface area contributed by atoms with Gasteiger partial charge in [-0.15, -0.1) is 0 Å². The van der Waals surface area contributed by atoms with E-state index in [0.717, 1.165) is 39.2 Å². The van der Waals surface area contributed by atoms with Gasteiger partial charge in [0, 0.05) is 33.4 Å². The van der Waals surface area contributed by atoms with E-state index in [4.69, 9.17) is 14.7 Å². The van der Waals surface area contributed by atoms with Crippen LogP contribution < -0.4 is 4.74 Å². The first kappa shape index (κ1) is 23.2. The van der Waals surface area contributed by atoms with E-state index in [-0.39, 0.29) is 12.0 Å². The van der Waals surface area contributed by atoms with Crippen LogP contribution in [0.15, 0.2) is 133 Å². The average Bonchev–Trinajstić information content (AvgIpc) is 3.60. The van der Waals surface area contributed by atoms with Crippen LogP contribution in [0.2, 0.25) is 0 Å². The molecule has 4 nitrogen and oxygen atoms in total. The Labute approximate surface area is 243 Å². The molecule has 0 radical (unpaired) electrons. The zero-order valence-corrected chi connectivity index (χ0v) is 22.7. The van der Waals surface area contributed by atoms with Crippen LogP contribution >= 0.6 is 0 Å². The molecule has 2 aliphatic rings. The summed E-state index contributed by atoms with van der Waals surface area (Å²) in [7, 11) is 0. The highest BCUT2D eigenvalue weighted by molar-refractivity contribution is 5.95. The number of rotatable bonds is 3. The number of para-hydroxylation sites is 3. The maximum Gasteiger partial charge on any atom is 0.162 e. The summed E-state index contributed by atoms with van der Waals surface area (Å²) in [6, 6.07) is 44.3. The molecule has 9 rings (SSSR count). The maximum atomic E-state index is 6.63. The molecule has 0 N–H and O–H groups in total. The summed E-state index contributed by atoms with van der Waals surface area (Å²) in [6.07, 6.45) is 4.47. The normalized spacial score (nSPS) is 16.7. The standard InChI is InChI=1S/C38H25N3O/c1-2-10-24(11-3-1)25-18-20-26(21-19-25)37-39-31-15-7-4-13-29(31)38(40-37)41-32-16-8-5-14-30(32)35-33(41)23-22-28-27-12-6-9-17-34(27)42-36(28)35/h1-23,28,36H. The van der Waals surface area contributed by atoms with Gasteiger partial charge < -0.3 is 4.74 Å². The van der Waals surface area contributed by atoms with Crippen molar-refractivity contribution in [1.29, 1.82) is 0 Å². The Kier molecular flexibility index (Phi) is 4.99. The third-order valence-electron chi connectivity index (χ3n) is 8.60.